The number of hydrogen-bond donors (Lipinski definition) is 1. The molecule has 0 saturated heterocycles. The Balaban J connectivity index is 2.81. The van der Waals surface area contributed by atoms with Crippen LogP contribution in [0, 0.1) is 10.1 Å². The van der Waals surface area contributed by atoms with Crippen molar-refractivity contribution in [2.75, 3.05) is 6.61 Å². The number of ether oxygens (including phenoxy) is 1. The van der Waals surface area contributed by atoms with Gasteiger partial charge >= 0.3 is 5.97 Å². The first kappa shape index (κ1) is 14.0. The molecule has 1 aromatic carbocycles. The summed E-state index contributed by atoms with van der Waals surface area (Å²) in [6.07, 6.45) is 0.991. The number of nitro groups is 1. The largest absolute Gasteiger partial charge is 0.487 e. The van der Waals surface area contributed by atoms with Gasteiger partial charge in [-0.2, -0.15) is 0 Å². The number of rotatable bonds is 5. The standard InChI is InChI=1S/C11H10ClNO5/c1-7(4-11(14)15)6-18-10-5-8(13(16)17)2-3-9(10)12/h2-5H,6H2,1H3,(H,14,15). The molecule has 0 radical (unpaired) electrons. The molecule has 0 bridgehead atoms. The number of nitro benzene ring substituents is 1. The van der Waals surface area contributed by atoms with Crippen LogP contribution < -0.4 is 4.74 Å². The van der Waals surface area contributed by atoms with Crippen molar-refractivity contribution in [1.29, 1.82) is 0 Å². The molecule has 0 aliphatic carbocycles. The molecule has 0 aliphatic heterocycles. The van der Waals surface area contributed by atoms with Gasteiger partial charge in [0.05, 0.1) is 16.0 Å². The number of benzene rings is 1. The zero-order chi connectivity index (χ0) is 13.7. The summed E-state index contributed by atoms with van der Waals surface area (Å²) >= 11 is 5.81. The van der Waals surface area contributed by atoms with Gasteiger partial charge in [-0.3, -0.25) is 10.1 Å². The molecule has 0 saturated carbocycles. The number of non-ortho nitro benzene ring substituents is 1. The highest BCUT2D eigenvalue weighted by atomic mass is 35.5. The maximum atomic E-state index is 10.6. The van der Waals surface area contributed by atoms with Crippen LogP contribution in [0.3, 0.4) is 0 Å². The van der Waals surface area contributed by atoms with E-state index in [4.69, 9.17) is 21.4 Å². The van der Waals surface area contributed by atoms with Crippen molar-refractivity contribution >= 4 is 23.3 Å². The molecular formula is C11H10ClNO5. The third-order valence-electron chi connectivity index (χ3n) is 1.95. The van der Waals surface area contributed by atoms with Gasteiger partial charge in [-0.15, -0.1) is 0 Å². The van der Waals surface area contributed by atoms with Crippen molar-refractivity contribution in [2.45, 2.75) is 6.92 Å². The average molecular weight is 272 g/mol. The number of carboxylic acids is 1. The summed E-state index contributed by atoms with van der Waals surface area (Å²) in [7, 11) is 0. The van der Waals surface area contributed by atoms with E-state index < -0.39 is 10.9 Å². The zero-order valence-corrected chi connectivity index (χ0v) is 10.2. The molecule has 0 aromatic heterocycles. The molecule has 0 amide bonds. The molecule has 6 nitrogen and oxygen atoms in total. The Bertz CT molecular complexity index is 512. The van der Waals surface area contributed by atoms with E-state index in [1.807, 2.05) is 0 Å². The molecule has 0 fully saturated rings. The minimum absolute atomic E-state index is 0.00676. The Morgan fingerprint density at radius 3 is 2.83 bits per heavy atom. The molecular weight excluding hydrogens is 262 g/mol. The molecule has 0 atom stereocenters. The quantitative estimate of drug-likeness (QED) is 0.505. The van der Waals surface area contributed by atoms with E-state index in [9.17, 15) is 14.9 Å². The second-order valence-electron chi connectivity index (χ2n) is 3.49. The zero-order valence-electron chi connectivity index (χ0n) is 9.42. The molecule has 0 unspecified atom stereocenters. The number of aliphatic carboxylic acids is 1. The Labute approximate surface area is 108 Å². The summed E-state index contributed by atoms with van der Waals surface area (Å²) in [6, 6.07) is 3.80. The highest BCUT2D eigenvalue weighted by Crippen LogP contribution is 2.29. The minimum atomic E-state index is -1.08. The molecule has 96 valence electrons. The van der Waals surface area contributed by atoms with Gasteiger partial charge in [0.1, 0.15) is 12.4 Å². The van der Waals surface area contributed by atoms with Crippen LogP contribution in [0.25, 0.3) is 0 Å². The maximum Gasteiger partial charge on any atom is 0.328 e. The Morgan fingerprint density at radius 2 is 2.28 bits per heavy atom. The summed E-state index contributed by atoms with van der Waals surface area (Å²) in [5, 5.41) is 19.3. The lowest BCUT2D eigenvalue weighted by molar-refractivity contribution is -0.384. The van der Waals surface area contributed by atoms with E-state index in [0.29, 0.717) is 5.57 Å². The number of carbonyl (C=O) groups is 1. The first-order chi connectivity index (χ1) is 8.40. The highest BCUT2D eigenvalue weighted by Gasteiger charge is 2.10. The number of hydrogen-bond acceptors (Lipinski definition) is 4. The first-order valence-corrected chi connectivity index (χ1v) is 5.25. The second-order valence-corrected chi connectivity index (χ2v) is 3.90. The molecule has 1 aromatic rings. The van der Waals surface area contributed by atoms with Crippen molar-refractivity contribution in [1.82, 2.24) is 0 Å². The van der Waals surface area contributed by atoms with E-state index in [1.54, 1.807) is 6.92 Å². The predicted octanol–water partition coefficient (Wildman–Crippen LogP) is 2.66. The van der Waals surface area contributed by atoms with Crippen molar-refractivity contribution in [2.24, 2.45) is 0 Å². The topological polar surface area (TPSA) is 89.7 Å². The summed E-state index contributed by atoms with van der Waals surface area (Å²) in [4.78, 5) is 20.4. The summed E-state index contributed by atoms with van der Waals surface area (Å²) < 4.78 is 5.22. The van der Waals surface area contributed by atoms with Crippen LogP contribution in [0.5, 0.6) is 5.75 Å². The van der Waals surface area contributed by atoms with Crippen molar-refractivity contribution in [3.05, 3.63) is 45.0 Å². The average Bonchev–Trinajstić information content (AvgIpc) is 2.26. The van der Waals surface area contributed by atoms with Gasteiger partial charge in [-0.05, 0) is 18.6 Å². The second kappa shape index (κ2) is 6.02. The number of nitrogens with zero attached hydrogens (tertiary/aromatic N) is 1. The molecule has 0 spiro atoms. The molecule has 0 heterocycles. The Kier molecular flexibility index (Phi) is 4.67. The van der Waals surface area contributed by atoms with Gasteiger partial charge in [0.2, 0.25) is 0 Å². The van der Waals surface area contributed by atoms with Crippen molar-refractivity contribution < 1.29 is 19.6 Å². The Morgan fingerprint density at radius 1 is 1.61 bits per heavy atom. The van der Waals surface area contributed by atoms with E-state index in [1.165, 1.54) is 18.2 Å². The smallest absolute Gasteiger partial charge is 0.328 e. The van der Waals surface area contributed by atoms with Crippen molar-refractivity contribution in [3.63, 3.8) is 0 Å². The normalized spacial score (nSPS) is 11.1. The Hall–Kier alpha value is -2.08. The van der Waals surface area contributed by atoms with Crippen LogP contribution in [-0.2, 0) is 4.79 Å². The van der Waals surface area contributed by atoms with Crippen LogP contribution in [0.2, 0.25) is 5.02 Å². The minimum Gasteiger partial charge on any atom is -0.487 e. The summed E-state index contributed by atoms with van der Waals surface area (Å²) in [5.41, 5.74) is 0.319. The van der Waals surface area contributed by atoms with Gasteiger partial charge in [0.25, 0.3) is 5.69 Å². The van der Waals surface area contributed by atoms with Gasteiger partial charge in [-0.1, -0.05) is 11.6 Å². The fourth-order valence-corrected chi connectivity index (χ4v) is 1.33. The number of carboxylic acid groups (broad SMARTS) is 1. The third-order valence-corrected chi connectivity index (χ3v) is 2.26. The van der Waals surface area contributed by atoms with Gasteiger partial charge in [0.15, 0.2) is 0 Å². The molecule has 0 aliphatic rings. The maximum absolute atomic E-state index is 10.6. The van der Waals surface area contributed by atoms with Crippen LogP contribution in [0.15, 0.2) is 29.8 Å². The predicted molar refractivity (Wildman–Crippen MR) is 65.0 cm³/mol. The van der Waals surface area contributed by atoms with Gasteiger partial charge in [-0.25, -0.2) is 4.79 Å². The molecule has 7 heteroatoms. The molecule has 1 rings (SSSR count). The lowest BCUT2D eigenvalue weighted by atomic mass is 10.3. The summed E-state index contributed by atoms with van der Waals surface area (Å²) in [6.45, 7) is 1.56. The van der Waals surface area contributed by atoms with E-state index in [2.05, 4.69) is 0 Å². The first-order valence-electron chi connectivity index (χ1n) is 4.87. The van der Waals surface area contributed by atoms with Gasteiger partial charge < -0.3 is 9.84 Å². The van der Waals surface area contributed by atoms with E-state index in [0.717, 1.165) is 6.08 Å². The number of halogens is 1. The van der Waals surface area contributed by atoms with E-state index in [-0.39, 0.29) is 23.1 Å². The third kappa shape index (κ3) is 4.06. The van der Waals surface area contributed by atoms with Gasteiger partial charge in [0, 0.05) is 12.1 Å². The van der Waals surface area contributed by atoms with Crippen LogP contribution in [0.4, 0.5) is 5.69 Å². The monoisotopic (exact) mass is 271 g/mol. The molecule has 18 heavy (non-hydrogen) atoms. The fourth-order valence-electron chi connectivity index (χ4n) is 1.16. The lowest BCUT2D eigenvalue weighted by Crippen LogP contribution is -2.02. The highest BCUT2D eigenvalue weighted by molar-refractivity contribution is 6.32. The van der Waals surface area contributed by atoms with Crippen LogP contribution in [-0.4, -0.2) is 22.6 Å². The fraction of sp³-hybridized carbons (Fsp3) is 0.182. The SMILES string of the molecule is CC(=CC(=O)O)COc1cc([N+](=O)[O-])ccc1Cl. The van der Waals surface area contributed by atoms with Crippen LogP contribution in [0.1, 0.15) is 6.92 Å². The van der Waals surface area contributed by atoms with Crippen LogP contribution >= 0.6 is 11.6 Å². The van der Waals surface area contributed by atoms with E-state index >= 15 is 0 Å². The summed E-state index contributed by atoms with van der Waals surface area (Å²) in [5.74, 6) is -0.940. The van der Waals surface area contributed by atoms with Crippen molar-refractivity contribution in [3.8, 4) is 5.75 Å². The lowest BCUT2D eigenvalue weighted by Gasteiger charge is -2.07. The molecule has 1 N–H and O–H groups in total.